The van der Waals surface area contributed by atoms with Crippen molar-refractivity contribution in [2.75, 3.05) is 20.1 Å². The maximum Gasteiger partial charge on any atom is 0.00473 e. The normalized spacial score (nSPS) is 22.1. The van der Waals surface area contributed by atoms with Gasteiger partial charge in [-0.3, -0.25) is 0 Å². The highest BCUT2D eigenvalue weighted by Gasteiger charge is 2.20. The summed E-state index contributed by atoms with van der Waals surface area (Å²) in [5.41, 5.74) is 4.52. The van der Waals surface area contributed by atoms with Gasteiger partial charge in [0.25, 0.3) is 0 Å². The van der Waals surface area contributed by atoms with Crippen LogP contribution in [0.25, 0.3) is 0 Å². The Hall–Kier alpha value is -0.820. The Bertz CT molecular complexity index is 381. The van der Waals surface area contributed by atoms with Crippen molar-refractivity contribution < 1.29 is 0 Å². The Morgan fingerprint density at radius 2 is 2.06 bits per heavy atom. The second kappa shape index (κ2) is 5.22. The average Bonchev–Trinajstić information content (AvgIpc) is 2.28. The van der Waals surface area contributed by atoms with Gasteiger partial charge in [0, 0.05) is 6.54 Å². The van der Waals surface area contributed by atoms with Crippen LogP contribution in [-0.4, -0.2) is 25.0 Å². The zero-order chi connectivity index (χ0) is 12.4. The molecule has 1 aliphatic rings. The molecule has 94 valence electrons. The van der Waals surface area contributed by atoms with Gasteiger partial charge in [0.2, 0.25) is 0 Å². The summed E-state index contributed by atoms with van der Waals surface area (Å²) >= 11 is 0. The van der Waals surface area contributed by atoms with Gasteiger partial charge >= 0.3 is 0 Å². The van der Waals surface area contributed by atoms with E-state index in [1.165, 1.54) is 37.1 Å². The van der Waals surface area contributed by atoms with Gasteiger partial charge in [-0.15, -0.1) is 0 Å². The SMILES string of the molecule is Cc1cc(C(C)C)ccc1C1CCCN(C)C1. The van der Waals surface area contributed by atoms with Crippen molar-refractivity contribution >= 4 is 0 Å². The molecule has 1 nitrogen and oxygen atoms in total. The van der Waals surface area contributed by atoms with Gasteiger partial charge in [0.15, 0.2) is 0 Å². The van der Waals surface area contributed by atoms with E-state index in [9.17, 15) is 0 Å². The number of likely N-dealkylation sites (tertiary alicyclic amines) is 1. The molecule has 1 heteroatoms. The molecule has 0 aliphatic carbocycles. The number of likely N-dealkylation sites (N-methyl/N-ethyl adjacent to an activating group) is 1. The third kappa shape index (κ3) is 2.90. The Morgan fingerprint density at radius 1 is 1.29 bits per heavy atom. The zero-order valence-corrected chi connectivity index (χ0v) is 11.7. The fourth-order valence-corrected chi connectivity index (χ4v) is 2.94. The first-order chi connectivity index (χ1) is 8.08. The summed E-state index contributed by atoms with van der Waals surface area (Å²) in [6.45, 7) is 9.29. The topological polar surface area (TPSA) is 3.24 Å². The molecule has 1 unspecified atom stereocenters. The predicted octanol–water partition coefficient (Wildman–Crippen LogP) is 3.93. The molecule has 2 rings (SSSR count). The molecule has 0 bridgehead atoms. The first kappa shape index (κ1) is 12.6. The van der Waals surface area contributed by atoms with E-state index in [1.807, 2.05) is 0 Å². The Balaban J connectivity index is 2.21. The van der Waals surface area contributed by atoms with Crippen LogP contribution in [0.2, 0.25) is 0 Å². The second-order valence-corrected chi connectivity index (χ2v) is 5.87. The molecule has 1 atom stereocenters. The molecule has 1 aromatic rings. The van der Waals surface area contributed by atoms with Gasteiger partial charge in [-0.2, -0.15) is 0 Å². The van der Waals surface area contributed by atoms with Crippen molar-refractivity contribution in [3.63, 3.8) is 0 Å². The van der Waals surface area contributed by atoms with E-state index in [0.29, 0.717) is 5.92 Å². The summed E-state index contributed by atoms with van der Waals surface area (Å²) in [7, 11) is 2.24. The van der Waals surface area contributed by atoms with Crippen molar-refractivity contribution in [1.29, 1.82) is 0 Å². The molecule has 0 amide bonds. The maximum atomic E-state index is 2.46. The molecule has 1 heterocycles. The lowest BCUT2D eigenvalue weighted by Crippen LogP contribution is -2.31. The molecule has 1 saturated heterocycles. The van der Waals surface area contributed by atoms with Gasteiger partial charge in [-0.05, 0) is 61.9 Å². The lowest BCUT2D eigenvalue weighted by molar-refractivity contribution is 0.250. The molecule has 1 fully saturated rings. The van der Waals surface area contributed by atoms with Crippen molar-refractivity contribution in [3.05, 3.63) is 34.9 Å². The standard InChI is InChI=1S/C16H25N/c1-12(2)14-7-8-16(13(3)10-14)15-6-5-9-17(4)11-15/h7-8,10,12,15H,5-6,9,11H2,1-4H3. The molecule has 1 aliphatic heterocycles. The van der Waals surface area contributed by atoms with Crippen LogP contribution < -0.4 is 0 Å². The van der Waals surface area contributed by atoms with E-state index >= 15 is 0 Å². The largest absolute Gasteiger partial charge is 0.306 e. The van der Waals surface area contributed by atoms with Crippen LogP contribution in [0.5, 0.6) is 0 Å². The number of rotatable bonds is 2. The number of benzene rings is 1. The predicted molar refractivity (Wildman–Crippen MR) is 74.7 cm³/mol. The fourth-order valence-electron chi connectivity index (χ4n) is 2.94. The molecule has 0 N–H and O–H groups in total. The molecule has 0 spiro atoms. The third-order valence-electron chi connectivity index (χ3n) is 4.02. The number of piperidine rings is 1. The summed E-state index contributed by atoms with van der Waals surface area (Å²) in [5, 5.41) is 0. The van der Waals surface area contributed by atoms with Gasteiger partial charge in [-0.25, -0.2) is 0 Å². The van der Waals surface area contributed by atoms with Crippen LogP contribution >= 0.6 is 0 Å². The van der Waals surface area contributed by atoms with Gasteiger partial charge in [0.05, 0.1) is 0 Å². The van der Waals surface area contributed by atoms with E-state index in [2.05, 4.69) is 50.9 Å². The fraction of sp³-hybridized carbons (Fsp3) is 0.625. The van der Waals surface area contributed by atoms with Gasteiger partial charge < -0.3 is 4.90 Å². The molecule has 17 heavy (non-hydrogen) atoms. The Kier molecular flexibility index (Phi) is 3.88. The molecule has 0 saturated carbocycles. The van der Waals surface area contributed by atoms with Crippen molar-refractivity contribution in [3.8, 4) is 0 Å². The van der Waals surface area contributed by atoms with Crippen LogP contribution in [0.3, 0.4) is 0 Å². The second-order valence-electron chi connectivity index (χ2n) is 5.87. The van der Waals surface area contributed by atoms with E-state index in [1.54, 1.807) is 5.56 Å². The monoisotopic (exact) mass is 231 g/mol. The summed E-state index contributed by atoms with van der Waals surface area (Å²) in [6, 6.07) is 7.07. The summed E-state index contributed by atoms with van der Waals surface area (Å²) in [6.07, 6.45) is 2.69. The number of nitrogens with zero attached hydrogens (tertiary/aromatic N) is 1. The quantitative estimate of drug-likeness (QED) is 0.745. The minimum Gasteiger partial charge on any atom is -0.306 e. The number of hydrogen-bond acceptors (Lipinski definition) is 1. The molecular formula is C16H25N. The number of hydrogen-bond donors (Lipinski definition) is 0. The lowest BCUT2D eigenvalue weighted by Gasteiger charge is -2.31. The highest BCUT2D eigenvalue weighted by molar-refractivity contribution is 5.35. The zero-order valence-electron chi connectivity index (χ0n) is 11.7. The van der Waals surface area contributed by atoms with E-state index in [4.69, 9.17) is 0 Å². The van der Waals surface area contributed by atoms with Crippen LogP contribution in [0.1, 0.15) is 55.2 Å². The molecule has 0 aromatic heterocycles. The minimum absolute atomic E-state index is 0.636. The van der Waals surface area contributed by atoms with Crippen molar-refractivity contribution in [2.45, 2.75) is 45.4 Å². The first-order valence-electron chi connectivity index (χ1n) is 6.87. The maximum absolute atomic E-state index is 2.46. The smallest absolute Gasteiger partial charge is 0.00473 e. The van der Waals surface area contributed by atoms with Gasteiger partial charge in [-0.1, -0.05) is 32.0 Å². The lowest BCUT2D eigenvalue weighted by atomic mass is 9.86. The van der Waals surface area contributed by atoms with Crippen molar-refractivity contribution in [2.24, 2.45) is 0 Å². The van der Waals surface area contributed by atoms with E-state index in [-0.39, 0.29) is 0 Å². The third-order valence-corrected chi connectivity index (χ3v) is 4.02. The van der Waals surface area contributed by atoms with E-state index in [0.717, 1.165) is 5.92 Å². The molecule has 1 aromatic carbocycles. The Morgan fingerprint density at radius 3 is 2.65 bits per heavy atom. The molecule has 0 radical (unpaired) electrons. The van der Waals surface area contributed by atoms with E-state index < -0.39 is 0 Å². The highest BCUT2D eigenvalue weighted by Crippen LogP contribution is 2.30. The average molecular weight is 231 g/mol. The van der Waals surface area contributed by atoms with Crippen LogP contribution in [0.4, 0.5) is 0 Å². The minimum atomic E-state index is 0.636. The number of aryl methyl sites for hydroxylation is 1. The summed E-state index contributed by atoms with van der Waals surface area (Å²) < 4.78 is 0. The first-order valence-corrected chi connectivity index (χ1v) is 6.87. The summed E-state index contributed by atoms with van der Waals surface area (Å²) in [4.78, 5) is 2.46. The van der Waals surface area contributed by atoms with Crippen LogP contribution in [0, 0.1) is 6.92 Å². The van der Waals surface area contributed by atoms with Crippen molar-refractivity contribution in [1.82, 2.24) is 4.90 Å². The highest BCUT2D eigenvalue weighted by atomic mass is 15.1. The summed E-state index contributed by atoms with van der Waals surface area (Å²) in [5.74, 6) is 1.38. The molecular weight excluding hydrogens is 206 g/mol. The van der Waals surface area contributed by atoms with Crippen LogP contribution in [-0.2, 0) is 0 Å². The van der Waals surface area contributed by atoms with Gasteiger partial charge in [0.1, 0.15) is 0 Å². The van der Waals surface area contributed by atoms with Crippen LogP contribution in [0.15, 0.2) is 18.2 Å². The Labute approximate surface area is 106 Å².